The number of rotatable bonds is 2. The van der Waals surface area contributed by atoms with Crippen LogP contribution in [0.1, 0.15) is 44.9 Å². The van der Waals surface area contributed by atoms with E-state index in [1.54, 1.807) is 0 Å². The average molecular weight is 376 g/mol. The zero-order chi connectivity index (χ0) is 11.1. The van der Waals surface area contributed by atoms with Crippen LogP contribution in [-0.4, -0.2) is 32.2 Å². The van der Waals surface area contributed by atoms with Gasteiger partial charge in [0.15, 0.2) is 0 Å². The Labute approximate surface area is 144 Å². The molecule has 0 heterocycles. The van der Waals surface area contributed by atoms with Crippen molar-refractivity contribution in [2.45, 2.75) is 44.9 Å². The predicted molar refractivity (Wildman–Crippen MR) is 80.7 cm³/mol. The number of nitrogens with zero attached hydrogens (tertiary/aromatic N) is 1. The van der Waals surface area contributed by atoms with Crippen molar-refractivity contribution in [3.8, 4) is 0 Å². The fourth-order valence-corrected chi connectivity index (χ4v) is 2.43. The molecule has 0 aromatic heterocycles. The Balaban J connectivity index is -0.000000110. The van der Waals surface area contributed by atoms with Crippen LogP contribution in [0.15, 0.2) is 12.2 Å². The quantitative estimate of drug-likeness (QED) is 0.297. The van der Waals surface area contributed by atoms with E-state index in [1.165, 1.54) is 51.5 Å². The van der Waals surface area contributed by atoms with Crippen molar-refractivity contribution in [3.63, 3.8) is 0 Å². The first-order valence-electron chi connectivity index (χ1n) is 6.55. The summed E-state index contributed by atoms with van der Waals surface area (Å²) in [6.45, 7) is 1.29. The fourth-order valence-electron chi connectivity index (χ4n) is 2.43. The van der Waals surface area contributed by atoms with Crippen molar-refractivity contribution >= 4 is 0 Å². The van der Waals surface area contributed by atoms with Crippen molar-refractivity contribution in [3.05, 3.63) is 27.0 Å². The third kappa shape index (κ3) is 16.6. The van der Waals surface area contributed by atoms with Gasteiger partial charge in [-0.3, -0.25) is 0 Å². The topological polar surface area (TPSA) is 0 Å². The molecule has 118 valence electrons. The van der Waals surface area contributed by atoms with Gasteiger partial charge in [0.2, 0.25) is 0 Å². The van der Waals surface area contributed by atoms with Crippen molar-refractivity contribution < 1.29 is 38.5 Å². The molecule has 0 aromatic rings. The van der Waals surface area contributed by atoms with Crippen LogP contribution in [-0.2, 0) is 17.1 Å². The van der Waals surface area contributed by atoms with E-state index in [0.29, 0.717) is 0 Å². The molecule has 1 nitrogen and oxygen atoms in total. The van der Waals surface area contributed by atoms with Gasteiger partial charge in [0.1, 0.15) is 0 Å². The molecule has 1 fully saturated rings. The largest absolute Gasteiger partial charge is 2.00 e. The molecule has 1 unspecified atom stereocenters. The SMILES string of the molecule is C1CCCC1.C[N+](C)(C)CC1C=CCC1.[Br-].[CH3-].[CH3-].[Fe+2]. The summed E-state index contributed by atoms with van der Waals surface area (Å²) in [6.07, 6.45) is 14.8. The molecule has 1 saturated carbocycles. The molecule has 19 heavy (non-hydrogen) atoms. The molecular formula is C16H34BrFeN. The smallest absolute Gasteiger partial charge is 1.00 e. The Bertz CT molecular complexity index is 188. The van der Waals surface area contributed by atoms with E-state index in [2.05, 4.69) is 33.3 Å². The summed E-state index contributed by atoms with van der Waals surface area (Å²) in [5, 5.41) is 0. The van der Waals surface area contributed by atoms with Crippen LogP contribution in [0.3, 0.4) is 0 Å². The molecule has 0 aliphatic heterocycles. The van der Waals surface area contributed by atoms with Crippen molar-refractivity contribution in [2.24, 2.45) is 5.92 Å². The Morgan fingerprint density at radius 1 is 0.947 bits per heavy atom. The summed E-state index contributed by atoms with van der Waals surface area (Å²) in [6, 6.07) is 0. The molecule has 3 heteroatoms. The summed E-state index contributed by atoms with van der Waals surface area (Å²) in [5.41, 5.74) is 0. The van der Waals surface area contributed by atoms with E-state index < -0.39 is 0 Å². The number of allylic oxidation sites excluding steroid dienone is 1. The minimum Gasteiger partial charge on any atom is -1.00 e. The number of hydrogen-bond donors (Lipinski definition) is 0. The van der Waals surface area contributed by atoms with Gasteiger partial charge in [-0.25, -0.2) is 0 Å². The third-order valence-electron chi connectivity index (χ3n) is 3.14. The van der Waals surface area contributed by atoms with Gasteiger partial charge in [0, 0.05) is 5.92 Å². The van der Waals surface area contributed by atoms with Gasteiger partial charge in [0.05, 0.1) is 27.7 Å². The maximum Gasteiger partial charge on any atom is 2.00 e. The van der Waals surface area contributed by atoms with Crippen LogP contribution < -0.4 is 17.0 Å². The Hall–Kier alpha value is 0.699. The summed E-state index contributed by atoms with van der Waals surface area (Å²) in [5.74, 6) is 0.847. The van der Waals surface area contributed by atoms with Crippen LogP contribution in [0, 0.1) is 20.8 Å². The molecule has 0 N–H and O–H groups in total. The maximum absolute atomic E-state index is 2.36. The second kappa shape index (κ2) is 15.1. The monoisotopic (exact) mass is 375 g/mol. The van der Waals surface area contributed by atoms with Crippen LogP contribution >= 0.6 is 0 Å². The average Bonchev–Trinajstić information content (AvgIpc) is 2.71. The second-order valence-electron chi connectivity index (χ2n) is 6.01. The van der Waals surface area contributed by atoms with Gasteiger partial charge in [-0.1, -0.05) is 44.3 Å². The first-order valence-corrected chi connectivity index (χ1v) is 6.55. The maximum atomic E-state index is 2.36. The van der Waals surface area contributed by atoms with Crippen LogP contribution in [0.2, 0.25) is 0 Å². The zero-order valence-electron chi connectivity index (χ0n) is 13.6. The van der Waals surface area contributed by atoms with Gasteiger partial charge in [-0.05, 0) is 12.8 Å². The molecule has 0 amide bonds. The van der Waals surface area contributed by atoms with E-state index >= 15 is 0 Å². The molecule has 0 saturated heterocycles. The van der Waals surface area contributed by atoms with Crippen LogP contribution in [0.5, 0.6) is 0 Å². The molecule has 2 aliphatic carbocycles. The van der Waals surface area contributed by atoms with Gasteiger partial charge in [-0.2, -0.15) is 0 Å². The number of halogens is 1. The molecule has 0 aromatic carbocycles. The summed E-state index contributed by atoms with van der Waals surface area (Å²) in [4.78, 5) is 0. The van der Waals surface area contributed by atoms with Gasteiger partial charge >= 0.3 is 17.1 Å². The normalized spacial score (nSPS) is 19.8. The summed E-state index contributed by atoms with van der Waals surface area (Å²) < 4.78 is 1.09. The minimum absolute atomic E-state index is 0. The summed E-state index contributed by atoms with van der Waals surface area (Å²) in [7, 11) is 6.77. The van der Waals surface area contributed by atoms with Gasteiger partial charge < -0.3 is 36.3 Å². The molecule has 1 atom stereocenters. The predicted octanol–water partition coefficient (Wildman–Crippen LogP) is 1.51. The van der Waals surface area contributed by atoms with Crippen molar-refractivity contribution in [1.82, 2.24) is 0 Å². The molecule has 2 aliphatic rings. The van der Waals surface area contributed by atoms with Crippen LogP contribution in [0.4, 0.5) is 0 Å². The molecular weight excluding hydrogens is 342 g/mol. The van der Waals surface area contributed by atoms with Crippen molar-refractivity contribution in [1.29, 1.82) is 0 Å². The molecule has 2 rings (SSSR count). The van der Waals surface area contributed by atoms with E-state index in [-0.39, 0.29) is 48.9 Å². The van der Waals surface area contributed by atoms with Gasteiger partial charge in [0.25, 0.3) is 0 Å². The first-order chi connectivity index (χ1) is 7.08. The summed E-state index contributed by atoms with van der Waals surface area (Å²) >= 11 is 0. The van der Waals surface area contributed by atoms with E-state index in [4.69, 9.17) is 0 Å². The number of hydrogen-bond acceptors (Lipinski definition) is 0. The molecule has 0 bridgehead atoms. The molecule has 0 spiro atoms. The Kier molecular flexibility index (Phi) is 22.2. The minimum atomic E-state index is 0. The molecule has 0 radical (unpaired) electrons. The third-order valence-corrected chi connectivity index (χ3v) is 3.14. The van der Waals surface area contributed by atoms with E-state index in [1.807, 2.05) is 0 Å². The van der Waals surface area contributed by atoms with Crippen molar-refractivity contribution in [2.75, 3.05) is 27.7 Å². The zero-order valence-corrected chi connectivity index (χ0v) is 16.3. The van der Waals surface area contributed by atoms with E-state index in [0.717, 1.165) is 10.4 Å². The van der Waals surface area contributed by atoms with Crippen LogP contribution in [0.25, 0.3) is 0 Å². The number of quaternary nitrogens is 1. The Morgan fingerprint density at radius 3 is 1.63 bits per heavy atom. The van der Waals surface area contributed by atoms with E-state index in [9.17, 15) is 0 Å². The second-order valence-corrected chi connectivity index (χ2v) is 6.01. The Morgan fingerprint density at radius 2 is 1.37 bits per heavy atom. The fraction of sp³-hybridized carbons (Fsp3) is 0.750. The first kappa shape index (κ1) is 27.9. The van der Waals surface area contributed by atoms with Gasteiger partial charge in [-0.15, -0.1) is 0 Å². The standard InChI is InChI=1S/C9H18N.C5H10.2CH3.BrH.Fe/c1-10(2,3)8-9-6-4-5-7-9;1-2-4-5-3-1;;;;/h4,6,9H,5,7-8H2,1-3H3;1-5H2;2*1H3;1H;/q+1;;2*-1;;+2/p-1.